The second kappa shape index (κ2) is 7.62. The van der Waals surface area contributed by atoms with Crippen LogP contribution in [0, 0.1) is 11.6 Å². The zero-order valence-electron chi connectivity index (χ0n) is 16.6. The van der Waals surface area contributed by atoms with Gasteiger partial charge in [-0.15, -0.1) is 5.10 Å². The first-order chi connectivity index (χ1) is 14.0. The molecule has 0 unspecified atom stereocenters. The molecule has 3 aromatic rings. The highest BCUT2D eigenvalue weighted by Crippen LogP contribution is 2.38. The average Bonchev–Trinajstić information content (AvgIpc) is 2.98. The minimum absolute atomic E-state index is 0.00336. The van der Waals surface area contributed by atoms with Crippen molar-refractivity contribution in [2.24, 2.45) is 0 Å². The molecule has 0 saturated carbocycles. The summed E-state index contributed by atoms with van der Waals surface area (Å²) >= 11 is 0. The number of rotatable bonds is 3. The molecule has 3 rings (SSSR count). The van der Waals surface area contributed by atoms with Crippen LogP contribution in [0.1, 0.15) is 31.9 Å². The predicted octanol–water partition coefficient (Wildman–Crippen LogP) is 4.04. The van der Waals surface area contributed by atoms with Crippen LogP contribution in [0.3, 0.4) is 0 Å². The second-order valence-corrected chi connectivity index (χ2v) is 7.76. The van der Waals surface area contributed by atoms with Gasteiger partial charge in [-0.05, 0) is 41.3 Å². The molecule has 0 saturated heterocycles. The minimum Gasteiger partial charge on any atom is -0.463 e. The lowest BCUT2D eigenvalue weighted by molar-refractivity contribution is 0.194. The molecule has 2 amide bonds. The molecule has 0 aliphatic heterocycles. The van der Waals surface area contributed by atoms with Gasteiger partial charge >= 0.3 is 12.1 Å². The Hall–Kier alpha value is -3.69. The van der Waals surface area contributed by atoms with Gasteiger partial charge in [0.1, 0.15) is 11.6 Å². The van der Waals surface area contributed by atoms with E-state index in [1.807, 2.05) is 20.8 Å². The molecule has 2 aromatic carbocycles. The molecular weight excluding hydrogens is 396 g/mol. The Morgan fingerprint density at radius 1 is 1.20 bits per heavy atom. The molecule has 158 valence electrons. The molecule has 8 nitrogen and oxygen atoms in total. The molecule has 0 aliphatic rings. The van der Waals surface area contributed by atoms with Crippen molar-refractivity contribution < 1.29 is 23.5 Å². The number of hydrogen-bond donors (Lipinski definition) is 4. The van der Waals surface area contributed by atoms with Crippen molar-refractivity contribution in [3.8, 4) is 0 Å². The van der Waals surface area contributed by atoms with Gasteiger partial charge in [-0.2, -0.15) is 4.68 Å². The number of halogens is 2. The van der Waals surface area contributed by atoms with Crippen molar-refractivity contribution >= 4 is 34.5 Å². The molecule has 0 spiro atoms. The van der Waals surface area contributed by atoms with Crippen LogP contribution in [0.4, 0.5) is 29.9 Å². The van der Waals surface area contributed by atoms with Gasteiger partial charge in [-0.25, -0.2) is 18.4 Å². The summed E-state index contributed by atoms with van der Waals surface area (Å²) in [6.07, 6.45) is -1.29. The van der Waals surface area contributed by atoms with Crippen LogP contribution in [0.2, 0.25) is 0 Å². The van der Waals surface area contributed by atoms with Crippen LogP contribution < -0.4 is 16.4 Å². The van der Waals surface area contributed by atoms with E-state index in [2.05, 4.69) is 15.7 Å². The largest absolute Gasteiger partial charge is 0.463 e. The smallest absolute Gasteiger partial charge is 0.432 e. The van der Waals surface area contributed by atoms with Gasteiger partial charge < -0.3 is 21.5 Å². The van der Waals surface area contributed by atoms with Gasteiger partial charge in [0.25, 0.3) is 0 Å². The zero-order valence-corrected chi connectivity index (χ0v) is 16.6. The second-order valence-electron chi connectivity index (χ2n) is 7.76. The number of carbonyl (C=O) groups is 2. The fraction of sp³-hybridized carbons (Fsp3) is 0.250. The van der Waals surface area contributed by atoms with Crippen LogP contribution in [0.25, 0.3) is 10.9 Å². The molecule has 0 bridgehead atoms. The van der Waals surface area contributed by atoms with Gasteiger partial charge in [0.2, 0.25) is 0 Å². The van der Waals surface area contributed by atoms with Crippen LogP contribution in [-0.4, -0.2) is 27.0 Å². The summed E-state index contributed by atoms with van der Waals surface area (Å²) in [5.41, 5.74) is 6.73. The number of carboxylic acid groups (broad SMARTS) is 1. The Labute approximate surface area is 170 Å². The van der Waals surface area contributed by atoms with E-state index in [1.54, 1.807) is 6.07 Å². The predicted molar refractivity (Wildman–Crippen MR) is 108 cm³/mol. The van der Waals surface area contributed by atoms with E-state index in [0.29, 0.717) is 16.6 Å². The maximum Gasteiger partial charge on any atom is 0.432 e. The molecule has 0 fully saturated rings. The van der Waals surface area contributed by atoms with Crippen molar-refractivity contribution in [3.05, 3.63) is 53.1 Å². The third kappa shape index (κ3) is 4.02. The Balaban J connectivity index is 1.93. The topological polar surface area (TPSA) is 122 Å². The number of benzene rings is 2. The number of anilines is 2. The van der Waals surface area contributed by atoms with E-state index in [0.717, 1.165) is 22.9 Å². The number of urea groups is 1. The van der Waals surface area contributed by atoms with E-state index in [4.69, 9.17) is 5.73 Å². The standard InChI is InChI=1S/C20H21F2N5O3/c1-20(2,3)16-13(6-7-14-15(16)17(23)26-27(14)19(29)30)25-18(28)24-9-10-8-11(21)4-5-12(10)22/h4-8H,9H2,1-3H3,(H2,23,26)(H,29,30)(H2,24,25,28). The van der Waals surface area contributed by atoms with E-state index in [9.17, 15) is 23.5 Å². The van der Waals surface area contributed by atoms with E-state index in [1.165, 1.54) is 6.07 Å². The van der Waals surface area contributed by atoms with E-state index in [-0.39, 0.29) is 23.4 Å². The molecule has 5 N–H and O–H groups in total. The summed E-state index contributed by atoms with van der Waals surface area (Å²) in [6.45, 7) is 5.42. The van der Waals surface area contributed by atoms with Crippen molar-refractivity contribution in [2.45, 2.75) is 32.7 Å². The molecule has 30 heavy (non-hydrogen) atoms. The van der Waals surface area contributed by atoms with E-state index >= 15 is 0 Å². The molecule has 0 radical (unpaired) electrons. The lowest BCUT2D eigenvalue weighted by Gasteiger charge is -2.24. The van der Waals surface area contributed by atoms with Crippen molar-refractivity contribution in [1.82, 2.24) is 15.1 Å². The highest BCUT2D eigenvalue weighted by atomic mass is 19.1. The number of fused-ring (bicyclic) bond motifs is 1. The maximum atomic E-state index is 13.7. The summed E-state index contributed by atoms with van der Waals surface area (Å²) in [5, 5.41) is 18.8. The first-order valence-corrected chi connectivity index (χ1v) is 9.03. The van der Waals surface area contributed by atoms with Gasteiger partial charge in [-0.3, -0.25) is 0 Å². The summed E-state index contributed by atoms with van der Waals surface area (Å²) in [7, 11) is 0. The van der Waals surface area contributed by atoms with Gasteiger partial charge in [0, 0.05) is 17.8 Å². The number of nitrogens with zero attached hydrogens (tertiary/aromatic N) is 2. The number of aromatic nitrogens is 2. The SMILES string of the molecule is CC(C)(C)c1c(NC(=O)NCc2cc(F)ccc2F)ccc2c1c(N)nn2C(=O)O. The number of carbonyl (C=O) groups excluding carboxylic acids is 1. The van der Waals surface area contributed by atoms with Crippen molar-refractivity contribution in [1.29, 1.82) is 0 Å². The first-order valence-electron chi connectivity index (χ1n) is 9.03. The average molecular weight is 417 g/mol. The quantitative estimate of drug-likeness (QED) is 0.512. The number of nitrogens with two attached hydrogens (primary N) is 1. The summed E-state index contributed by atoms with van der Waals surface area (Å²) in [5.74, 6) is -1.23. The van der Waals surface area contributed by atoms with Gasteiger partial charge in [-0.1, -0.05) is 20.8 Å². The summed E-state index contributed by atoms with van der Waals surface area (Å²) in [6, 6.07) is 5.37. The number of nitrogens with one attached hydrogen (secondary N) is 2. The number of nitrogen functional groups attached to an aromatic ring is 1. The minimum atomic E-state index is -1.29. The Morgan fingerprint density at radius 3 is 2.53 bits per heavy atom. The molecule has 10 heteroatoms. The highest BCUT2D eigenvalue weighted by Gasteiger charge is 2.27. The van der Waals surface area contributed by atoms with Crippen LogP contribution in [0.5, 0.6) is 0 Å². The van der Waals surface area contributed by atoms with Crippen LogP contribution in [0.15, 0.2) is 30.3 Å². The zero-order chi connectivity index (χ0) is 22.2. The fourth-order valence-corrected chi connectivity index (χ4v) is 3.29. The number of hydrogen-bond acceptors (Lipinski definition) is 4. The van der Waals surface area contributed by atoms with Gasteiger partial charge in [0.15, 0.2) is 5.82 Å². The Morgan fingerprint density at radius 2 is 1.90 bits per heavy atom. The Bertz CT molecular complexity index is 1150. The third-order valence-electron chi connectivity index (χ3n) is 4.50. The lowest BCUT2D eigenvalue weighted by atomic mass is 9.83. The van der Waals surface area contributed by atoms with Crippen molar-refractivity contribution in [3.63, 3.8) is 0 Å². The number of amides is 2. The monoisotopic (exact) mass is 417 g/mol. The third-order valence-corrected chi connectivity index (χ3v) is 4.50. The lowest BCUT2D eigenvalue weighted by Crippen LogP contribution is -2.30. The molecule has 1 aromatic heterocycles. The highest BCUT2D eigenvalue weighted by molar-refractivity contribution is 6.02. The van der Waals surface area contributed by atoms with Crippen LogP contribution in [-0.2, 0) is 12.0 Å². The van der Waals surface area contributed by atoms with Crippen molar-refractivity contribution in [2.75, 3.05) is 11.1 Å². The molecular formula is C20H21F2N5O3. The van der Waals surface area contributed by atoms with Crippen LogP contribution >= 0.6 is 0 Å². The van der Waals surface area contributed by atoms with E-state index < -0.39 is 29.2 Å². The summed E-state index contributed by atoms with van der Waals surface area (Å²) < 4.78 is 27.8. The molecule has 0 atom stereocenters. The first kappa shape index (κ1) is 21.0. The molecule has 0 aliphatic carbocycles. The Kier molecular flexibility index (Phi) is 5.34. The maximum absolute atomic E-state index is 13.7. The summed E-state index contributed by atoms with van der Waals surface area (Å²) in [4.78, 5) is 23.8. The normalized spacial score (nSPS) is 11.5. The molecule has 1 heterocycles. The fourth-order valence-electron chi connectivity index (χ4n) is 3.29. The van der Waals surface area contributed by atoms with Gasteiger partial charge in [0.05, 0.1) is 10.9 Å².